The molecular weight excluding hydrogens is 739 g/mol. The Morgan fingerprint density at radius 3 is 1.20 bits per heavy atom. The van der Waals surface area contributed by atoms with Crippen molar-refractivity contribution < 1.29 is 33.3 Å². The second-order valence-corrected chi connectivity index (χ2v) is 18.1. The highest BCUT2D eigenvalue weighted by molar-refractivity contribution is 5.72. The third-order valence-electron chi connectivity index (χ3n) is 12.5. The van der Waals surface area contributed by atoms with E-state index in [0.717, 1.165) is 136 Å². The van der Waals surface area contributed by atoms with Crippen LogP contribution >= 0.6 is 0 Å². The van der Waals surface area contributed by atoms with Gasteiger partial charge in [0.15, 0.2) is 0 Å². The maximum atomic E-state index is 13.2. The number of ether oxygens (including phenoxy) is 4. The minimum Gasteiger partial charge on any atom is -0.466 e. The molecule has 0 aromatic heterocycles. The van der Waals surface area contributed by atoms with Crippen LogP contribution in [-0.2, 0) is 33.3 Å². The summed E-state index contributed by atoms with van der Waals surface area (Å²) in [5.74, 6) is 0.920. The number of hydrogen-bond donors (Lipinski definition) is 0. The Hall–Kier alpha value is -1.67. The molecule has 0 spiro atoms. The molecule has 1 fully saturated rings. The fraction of sp³-hybridized carbons (Fsp3) is 0.941. The topological polar surface area (TPSA) is 91.4 Å². The number of rotatable bonds is 43. The zero-order valence-corrected chi connectivity index (χ0v) is 39.5. The molecule has 1 unspecified atom stereocenters. The molecule has 8 nitrogen and oxygen atoms in total. The minimum atomic E-state index is -0.0190. The zero-order chi connectivity index (χ0) is 42.9. The van der Waals surface area contributed by atoms with E-state index < -0.39 is 0 Å². The molecule has 8 heteroatoms. The van der Waals surface area contributed by atoms with E-state index >= 15 is 0 Å². The van der Waals surface area contributed by atoms with Crippen LogP contribution in [0.4, 0.5) is 0 Å². The summed E-state index contributed by atoms with van der Waals surface area (Å²) in [6, 6.07) is 0. The van der Waals surface area contributed by atoms with Gasteiger partial charge in [-0.15, -0.1) is 0 Å². The van der Waals surface area contributed by atoms with E-state index in [4.69, 9.17) is 18.9 Å². The standard InChI is InChI=1S/C51H97NO7/c1-5-9-21-30-46(31-22-10-6-2)44-49(53)57-39-27-19-15-13-14-17-25-34-48(51(55)59-41-29-36-52-37-42-56-43-38-52)35-26-18-16-20-28-40-58-50(54)45-47(32-23-11-7-3)33-24-12-8-4/h46-48H,5-45H2,1-4H3. The molecule has 0 saturated carbocycles. The molecule has 1 rings (SSSR count). The number of hydrogen-bond acceptors (Lipinski definition) is 8. The van der Waals surface area contributed by atoms with E-state index in [0.29, 0.717) is 44.5 Å². The van der Waals surface area contributed by atoms with Crippen molar-refractivity contribution in [3.63, 3.8) is 0 Å². The first-order valence-corrected chi connectivity index (χ1v) is 25.7. The van der Waals surface area contributed by atoms with Gasteiger partial charge in [-0.1, -0.05) is 169 Å². The van der Waals surface area contributed by atoms with E-state index in [2.05, 4.69) is 32.6 Å². The van der Waals surface area contributed by atoms with Gasteiger partial charge >= 0.3 is 17.9 Å². The predicted octanol–water partition coefficient (Wildman–Crippen LogP) is 13.7. The van der Waals surface area contributed by atoms with Crippen molar-refractivity contribution >= 4 is 17.9 Å². The van der Waals surface area contributed by atoms with Crippen LogP contribution in [-0.4, -0.2) is 75.5 Å². The van der Waals surface area contributed by atoms with Crippen LogP contribution < -0.4 is 0 Å². The Labute approximate surface area is 365 Å². The van der Waals surface area contributed by atoms with Crippen molar-refractivity contribution in [1.29, 1.82) is 0 Å². The molecule has 1 saturated heterocycles. The highest BCUT2D eigenvalue weighted by atomic mass is 16.5. The summed E-state index contributed by atoms with van der Waals surface area (Å²) >= 11 is 0. The maximum absolute atomic E-state index is 13.2. The van der Waals surface area contributed by atoms with Gasteiger partial charge < -0.3 is 18.9 Å². The Bertz CT molecular complexity index is 934. The quantitative estimate of drug-likeness (QED) is 0.0341. The monoisotopic (exact) mass is 836 g/mol. The fourth-order valence-corrected chi connectivity index (χ4v) is 8.57. The largest absolute Gasteiger partial charge is 0.466 e. The van der Waals surface area contributed by atoms with Crippen LogP contribution in [0.15, 0.2) is 0 Å². The van der Waals surface area contributed by atoms with Crippen LogP contribution in [0.1, 0.15) is 240 Å². The molecule has 0 amide bonds. The van der Waals surface area contributed by atoms with Gasteiger partial charge in [0.05, 0.1) is 39.0 Å². The van der Waals surface area contributed by atoms with Crippen molar-refractivity contribution in [2.45, 2.75) is 240 Å². The molecule has 0 radical (unpaired) electrons. The van der Waals surface area contributed by atoms with Crippen LogP contribution in [0.5, 0.6) is 0 Å². The fourth-order valence-electron chi connectivity index (χ4n) is 8.57. The highest BCUT2D eigenvalue weighted by Crippen LogP contribution is 2.24. The molecule has 1 aliphatic heterocycles. The van der Waals surface area contributed by atoms with E-state index in [1.54, 1.807) is 0 Å². The zero-order valence-electron chi connectivity index (χ0n) is 39.5. The molecule has 0 aromatic carbocycles. The Morgan fingerprint density at radius 2 is 0.797 bits per heavy atom. The third-order valence-corrected chi connectivity index (χ3v) is 12.5. The van der Waals surface area contributed by atoms with Crippen molar-refractivity contribution in [3.05, 3.63) is 0 Å². The lowest BCUT2D eigenvalue weighted by atomic mass is 9.92. The van der Waals surface area contributed by atoms with Crippen LogP contribution in [0.2, 0.25) is 0 Å². The highest BCUT2D eigenvalue weighted by Gasteiger charge is 2.20. The first-order valence-electron chi connectivity index (χ1n) is 25.7. The lowest BCUT2D eigenvalue weighted by Crippen LogP contribution is -2.37. The second-order valence-electron chi connectivity index (χ2n) is 18.1. The Morgan fingerprint density at radius 1 is 0.441 bits per heavy atom. The summed E-state index contributed by atoms with van der Waals surface area (Å²) < 4.78 is 22.6. The van der Waals surface area contributed by atoms with E-state index in [1.165, 1.54) is 96.3 Å². The summed E-state index contributed by atoms with van der Waals surface area (Å²) in [6.45, 7) is 15.0. The minimum absolute atomic E-state index is 0.000509. The number of unbranched alkanes of at least 4 members (excludes halogenated alkanes) is 18. The van der Waals surface area contributed by atoms with Crippen molar-refractivity contribution in [2.24, 2.45) is 17.8 Å². The average Bonchev–Trinajstić information content (AvgIpc) is 3.23. The number of esters is 3. The number of carbonyl (C=O) groups is 3. The SMILES string of the molecule is CCCCCC(CCCCC)CC(=O)OCCCCCCCCCC(CCCCCCCOC(=O)CC(CCCCC)CCCCC)C(=O)OCCCN1CCOCC1. The lowest BCUT2D eigenvalue weighted by Gasteiger charge is -2.26. The first kappa shape index (κ1) is 55.3. The molecule has 0 N–H and O–H groups in total. The smallest absolute Gasteiger partial charge is 0.308 e. The van der Waals surface area contributed by atoms with Gasteiger partial charge in [0.1, 0.15) is 0 Å². The number of carbonyl (C=O) groups excluding carboxylic acids is 3. The summed E-state index contributed by atoms with van der Waals surface area (Å²) in [5, 5.41) is 0. The normalized spacial score (nSPS) is 13.9. The van der Waals surface area contributed by atoms with Gasteiger partial charge in [-0.2, -0.15) is 0 Å². The molecule has 1 heterocycles. The summed E-state index contributed by atoms with van der Waals surface area (Å²) in [5.41, 5.74) is 0. The Balaban J connectivity index is 2.31. The number of morpholine rings is 1. The van der Waals surface area contributed by atoms with Crippen molar-refractivity contribution in [1.82, 2.24) is 4.90 Å². The summed E-state index contributed by atoms with van der Waals surface area (Å²) in [7, 11) is 0. The van der Waals surface area contributed by atoms with Crippen molar-refractivity contribution in [2.75, 3.05) is 52.7 Å². The maximum Gasteiger partial charge on any atom is 0.308 e. The third kappa shape index (κ3) is 34.6. The van der Waals surface area contributed by atoms with Gasteiger partial charge in [0.2, 0.25) is 0 Å². The van der Waals surface area contributed by atoms with Crippen molar-refractivity contribution in [3.8, 4) is 0 Å². The molecule has 1 aliphatic rings. The Kier molecular flexibility index (Phi) is 39.1. The number of nitrogens with zero attached hydrogens (tertiary/aromatic N) is 1. The van der Waals surface area contributed by atoms with Crippen LogP contribution in [0, 0.1) is 17.8 Å². The van der Waals surface area contributed by atoms with Gasteiger partial charge in [-0.25, -0.2) is 0 Å². The molecule has 1 atom stereocenters. The van der Waals surface area contributed by atoms with E-state index in [-0.39, 0.29) is 23.8 Å². The van der Waals surface area contributed by atoms with Gasteiger partial charge in [0.25, 0.3) is 0 Å². The lowest BCUT2D eigenvalue weighted by molar-refractivity contribution is -0.149. The van der Waals surface area contributed by atoms with E-state index in [1.807, 2.05) is 0 Å². The molecule has 0 bridgehead atoms. The van der Waals surface area contributed by atoms with Crippen LogP contribution in [0.3, 0.4) is 0 Å². The summed E-state index contributed by atoms with van der Waals surface area (Å²) in [4.78, 5) is 40.7. The predicted molar refractivity (Wildman–Crippen MR) is 246 cm³/mol. The van der Waals surface area contributed by atoms with E-state index in [9.17, 15) is 14.4 Å². The summed E-state index contributed by atoms with van der Waals surface area (Å²) in [6.07, 6.45) is 36.2. The second kappa shape index (κ2) is 41.7. The molecule has 348 valence electrons. The van der Waals surface area contributed by atoms with Crippen LogP contribution in [0.25, 0.3) is 0 Å². The average molecular weight is 836 g/mol. The molecule has 59 heavy (non-hydrogen) atoms. The molecular formula is C51H97NO7. The first-order chi connectivity index (χ1) is 28.9. The van der Waals surface area contributed by atoms with Gasteiger partial charge in [0, 0.05) is 32.5 Å². The van der Waals surface area contributed by atoms with Gasteiger partial charge in [-0.05, 0) is 69.6 Å². The molecule has 0 aliphatic carbocycles. The van der Waals surface area contributed by atoms with Gasteiger partial charge in [-0.3, -0.25) is 19.3 Å². The molecule has 0 aromatic rings.